The van der Waals surface area contributed by atoms with Crippen molar-refractivity contribution in [1.29, 1.82) is 0 Å². The Bertz CT molecular complexity index is 584. The highest BCUT2D eigenvalue weighted by Crippen LogP contribution is 2.30. The third-order valence-corrected chi connectivity index (χ3v) is 7.75. The maximum atomic E-state index is 12.7. The van der Waals surface area contributed by atoms with Crippen LogP contribution in [0.3, 0.4) is 0 Å². The van der Waals surface area contributed by atoms with Crippen LogP contribution in [0.15, 0.2) is 15.7 Å². The number of sulfonamides is 1. The number of thiophene rings is 1. The lowest BCUT2D eigenvalue weighted by Crippen LogP contribution is -2.59. The van der Waals surface area contributed by atoms with Gasteiger partial charge in [0.25, 0.3) is 10.0 Å². The molecule has 3 rings (SSSR count). The van der Waals surface area contributed by atoms with Gasteiger partial charge in [0.2, 0.25) is 0 Å². The van der Waals surface area contributed by atoms with Gasteiger partial charge < -0.3 is 4.74 Å². The Hall–Kier alpha value is -0.470. The number of ether oxygens (including phenoxy) is 1. The largest absolute Gasteiger partial charge is 0.375 e. The summed E-state index contributed by atoms with van der Waals surface area (Å²) in [6.07, 6.45) is 0.947. The van der Waals surface area contributed by atoms with Crippen molar-refractivity contribution in [3.8, 4) is 0 Å². The smallest absolute Gasteiger partial charge is 0.252 e. The van der Waals surface area contributed by atoms with Crippen LogP contribution in [-0.2, 0) is 14.8 Å². The molecule has 2 aliphatic rings. The Morgan fingerprint density at radius 2 is 2.20 bits per heavy atom. The second kappa shape index (κ2) is 5.38. The van der Waals surface area contributed by atoms with E-state index in [1.54, 1.807) is 4.31 Å². The van der Waals surface area contributed by atoms with E-state index in [9.17, 15) is 8.42 Å². The predicted molar refractivity (Wildman–Crippen MR) is 78.6 cm³/mol. The molecule has 20 heavy (non-hydrogen) atoms. The lowest BCUT2D eigenvalue weighted by atomic mass is 10.0. The van der Waals surface area contributed by atoms with E-state index in [1.165, 1.54) is 11.3 Å². The standard InChI is InChI=1S/C13H20N2O3S2/c1-10-4-8-19-13(10)20(16,17)15-5-3-12-11(9-15)14(2)6-7-18-12/h4,8,11-12H,3,5-7,9H2,1-2H3/t11-,12+/m1/s1. The summed E-state index contributed by atoms with van der Waals surface area (Å²) in [5.41, 5.74) is 0.838. The minimum absolute atomic E-state index is 0.171. The van der Waals surface area contributed by atoms with Crippen LogP contribution >= 0.6 is 11.3 Å². The summed E-state index contributed by atoms with van der Waals surface area (Å²) in [5, 5.41) is 1.84. The molecule has 0 radical (unpaired) electrons. The number of fused-ring (bicyclic) bond motifs is 1. The molecule has 5 nitrogen and oxygen atoms in total. The Labute approximate surface area is 124 Å². The number of likely N-dealkylation sites (N-methyl/N-ethyl adjacent to an activating group) is 1. The first-order chi connectivity index (χ1) is 9.50. The van der Waals surface area contributed by atoms with E-state index >= 15 is 0 Å². The van der Waals surface area contributed by atoms with E-state index in [2.05, 4.69) is 4.90 Å². The average molecular weight is 316 g/mol. The predicted octanol–water partition coefficient (Wildman–Crippen LogP) is 1.15. The molecule has 1 aromatic heterocycles. The van der Waals surface area contributed by atoms with E-state index in [4.69, 9.17) is 4.74 Å². The van der Waals surface area contributed by atoms with E-state index in [1.807, 2.05) is 25.4 Å². The second-order valence-corrected chi connectivity index (χ2v) is 8.55. The molecule has 0 saturated carbocycles. The molecule has 0 bridgehead atoms. The first kappa shape index (κ1) is 14.5. The zero-order valence-electron chi connectivity index (χ0n) is 11.8. The van der Waals surface area contributed by atoms with Crippen molar-refractivity contribution in [2.24, 2.45) is 0 Å². The van der Waals surface area contributed by atoms with Crippen LogP contribution in [-0.4, -0.2) is 63.1 Å². The van der Waals surface area contributed by atoms with Crippen LogP contribution in [0.4, 0.5) is 0 Å². The van der Waals surface area contributed by atoms with Gasteiger partial charge in [-0.1, -0.05) is 0 Å². The van der Waals surface area contributed by atoms with Crippen molar-refractivity contribution in [2.45, 2.75) is 29.7 Å². The van der Waals surface area contributed by atoms with Gasteiger partial charge in [0.1, 0.15) is 4.21 Å². The summed E-state index contributed by atoms with van der Waals surface area (Å²) in [6.45, 7) is 4.54. The molecule has 7 heteroatoms. The molecule has 2 atom stereocenters. The first-order valence-corrected chi connectivity index (χ1v) is 9.18. The fourth-order valence-corrected chi connectivity index (χ4v) is 5.99. The quantitative estimate of drug-likeness (QED) is 0.821. The van der Waals surface area contributed by atoms with E-state index < -0.39 is 10.0 Å². The summed E-state index contributed by atoms with van der Waals surface area (Å²) < 4.78 is 33.3. The highest BCUT2D eigenvalue weighted by atomic mass is 32.2. The highest BCUT2D eigenvalue weighted by molar-refractivity contribution is 7.91. The SMILES string of the molecule is Cc1ccsc1S(=O)(=O)N1CC[C@@H]2OCCN(C)[C@@H]2C1. The first-order valence-electron chi connectivity index (χ1n) is 6.86. The lowest BCUT2D eigenvalue weighted by molar-refractivity contribution is -0.0840. The van der Waals surface area contributed by atoms with Gasteiger partial charge in [0, 0.05) is 25.7 Å². The molecule has 0 unspecified atom stereocenters. The summed E-state index contributed by atoms with van der Waals surface area (Å²) in [6, 6.07) is 2.03. The van der Waals surface area contributed by atoms with Gasteiger partial charge in [-0.2, -0.15) is 4.31 Å². The lowest BCUT2D eigenvalue weighted by Gasteiger charge is -2.45. The summed E-state index contributed by atoms with van der Waals surface area (Å²) in [5.74, 6) is 0. The zero-order valence-corrected chi connectivity index (χ0v) is 13.4. The van der Waals surface area contributed by atoms with Crippen LogP contribution in [0.2, 0.25) is 0 Å². The van der Waals surface area contributed by atoms with E-state index in [-0.39, 0.29) is 12.1 Å². The second-order valence-electron chi connectivity index (χ2n) is 5.50. The van der Waals surface area contributed by atoms with E-state index in [0.29, 0.717) is 17.3 Å². The molecule has 0 spiro atoms. The summed E-state index contributed by atoms with van der Waals surface area (Å²) in [7, 11) is -1.31. The van der Waals surface area contributed by atoms with Crippen molar-refractivity contribution in [2.75, 3.05) is 33.3 Å². The van der Waals surface area contributed by atoms with Gasteiger partial charge in [-0.05, 0) is 37.4 Å². The Balaban J connectivity index is 1.83. The van der Waals surface area contributed by atoms with Gasteiger partial charge in [-0.15, -0.1) is 11.3 Å². The molecule has 0 amide bonds. The summed E-state index contributed by atoms with van der Waals surface area (Å²) in [4.78, 5) is 2.22. The number of morpholine rings is 1. The minimum Gasteiger partial charge on any atom is -0.375 e. The van der Waals surface area contributed by atoms with Crippen LogP contribution in [0.25, 0.3) is 0 Å². The molecule has 2 aliphatic heterocycles. The molecule has 1 aromatic rings. The minimum atomic E-state index is -3.35. The Morgan fingerprint density at radius 1 is 1.40 bits per heavy atom. The molecule has 0 N–H and O–H groups in total. The normalized spacial score (nSPS) is 29.3. The van der Waals surface area contributed by atoms with E-state index in [0.717, 1.165) is 25.1 Å². The van der Waals surface area contributed by atoms with Crippen LogP contribution in [0, 0.1) is 6.92 Å². The molecule has 2 fully saturated rings. The van der Waals surface area contributed by atoms with Gasteiger partial charge in [0.15, 0.2) is 0 Å². The number of hydrogen-bond acceptors (Lipinski definition) is 5. The average Bonchev–Trinajstić information content (AvgIpc) is 2.86. The van der Waals surface area contributed by atoms with Crippen LogP contribution in [0.5, 0.6) is 0 Å². The molecule has 0 aromatic carbocycles. The number of piperidine rings is 1. The maximum Gasteiger partial charge on any atom is 0.252 e. The van der Waals surface area contributed by atoms with Crippen molar-refractivity contribution >= 4 is 21.4 Å². The van der Waals surface area contributed by atoms with Gasteiger partial charge in [0.05, 0.1) is 12.7 Å². The molecular formula is C13H20N2O3S2. The van der Waals surface area contributed by atoms with Gasteiger partial charge in [-0.25, -0.2) is 8.42 Å². The topological polar surface area (TPSA) is 49.9 Å². The number of hydrogen-bond donors (Lipinski definition) is 0. The van der Waals surface area contributed by atoms with Gasteiger partial charge in [-0.3, -0.25) is 4.90 Å². The van der Waals surface area contributed by atoms with Crippen molar-refractivity contribution in [1.82, 2.24) is 9.21 Å². The molecular weight excluding hydrogens is 296 g/mol. The fraction of sp³-hybridized carbons (Fsp3) is 0.692. The third kappa shape index (κ3) is 2.42. The molecule has 3 heterocycles. The van der Waals surface area contributed by atoms with Crippen molar-refractivity contribution in [3.63, 3.8) is 0 Å². The summed E-state index contributed by atoms with van der Waals surface area (Å²) >= 11 is 1.31. The Morgan fingerprint density at radius 3 is 2.90 bits per heavy atom. The monoisotopic (exact) mass is 316 g/mol. The molecule has 112 valence electrons. The highest BCUT2D eigenvalue weighted by Gasteiger charge is 2.40. The van der Waals surface area contributed by atoms with Crippen LogP contribution in [0.1, 0.15) is 12.0 Å². The van der Waals surface area contributed by atoms with Crippen molar-refractivity contribution in [3.05, 3.63) is 17.0 Å². The Kier molecular flexibility index (Phi) is 3.89. The van der Waals surface area contributed by atoms with Crippen LogP contribution < -0.4 is 0 Å². The van der Waals surface area contributed by atoms with Gasteiger partial charge >= 0.3 is 0 Å². The number of rotatable bonds is 2. The number of aryl methyl sites for hydroxylation is 1. The molecule has 2 saturated heterocycles. The van der Waals surface area contributed by atoms with Crippen molar-refractivity contribution < 1.29 is 13.2 Å². The third-order valence-electron chi connectivity index (χ3n) is 4.21. The molecule has 0 aliphatic carbocycles. The zero-order chi connectivity index (χ0) is 14.3. The number of nitrogens with zero attached hydrogens (tertiary/aromatic N) is 2. The fourth-order valence-electron chi connectivity index (χ4n) is 2.97. The maximum absolute atomic E-state index is 12.7.